The van der Waals surface area contributed by atoms with Crippen molar-refractivity contribution in [3.05, 3.63) is 96.3 Å². The fourth-order valence-electron chi connectivity index (χ4n) is 3.15. The molecule has 1 heterocycles. The third-order valence-electron chi connectivity index (χ3n) is 4.91. The maximum atomic E-state index is 12.7. The summed E-state index contributed by atoms with van der Waals surface area (Å²) in [5.41, 5.74) is 6.47. The zero-order valence-corrected chi connectivity index (χ0v) is 19.5. The van der Waals surface area contributed by atoms with E-state index in [9.17, 15) is 18.0 Å². The third-order valence-corrected chi connectivity index (χ3v) is 6.22. The summed E-state index contributed by atoms with van der Waals surface area (Å²) in [4.78, 5) is 29.7. The van der Waals surface area contributed by atoms with Gasteiger partial charge in [-0.15, -0.1) is 5.10 Å². The van der Waals surface area contributed by atoms with Crippen LogP contribution in [0.3, 0.4) is 0 Å². The van der Waals surface area contributed by atoms with Crippen molar-refractivity contribution in [2.75, 3.05) is 10.5 Å². The van der Waals surface area contributed by atoms with Gasteiger partial charge in [-0.05, 0) is 37.3 Å². The molecule has 4 rings (SSSR count). The predicted molar refractivity (Wildman–Crippen MR) is 131 cm³/mol. The number of nitrogens with zero attached hydrogens (tertiary/aromatic N) is 3. The van der Waals surface area contributed by atoms with E-state index in [1.165, 1.54) is 31.2 Å². The van der Waals surface area contributed by atoms with Crippen molar-refractivity contribution in [3.63, 3.8) is 0 Å². The molecule has 2 amide bonds. The van der Waals surface area contributed by atoms with Crippen molar-refractivity contribution in [3.8, 4) is 17.1 Å². The van der Waals surface area contributed by atoms with Crippen LogP contribution in [0.2, 0.25) is 0 Å². The number of nitrogens with one attached hydrogen (secondary N) is 3. The highest BCUT2D eigenvalue weighted by atomic mass is 32.2. The van der Waals surface area contributed by atoms with E-state index in [0.29, 0.717) is 11.5 Å². The molecule has 0 spiro atoms. The fraction of sp³-hybridized carbons (Fsp3) is 0.0833. The van der Waals surface area contributed by atoms with Crippen LogP contribution in [0.25, 0.3) is 17.1 Å². The van der Waals surface area contributed by atoms with Crippen LogP contribution in [0, 0.1) is 0 Å². The number of benzene rings is 3. The molecule has 0 bridgehead atoms. The Morgan fingerprint density at radius 1 is 0.857 bits per heavy atom. The van der Waals surface area contributed by atoms with E-state index < -0.39 is 21.8 Å². The lowest BCUT2D eigenvalue weighted by atomic mass is 10.2. The summed E-state index contributed by atoms with van der Waals surface area (Å²) >= 11 is 0. The predicted octanol–water partition coefficient (Wildman–Crippen LogP) is 2.77. The van der Waals surface area contributed by atoms with Crippen molar-refractivity contribution in [2.45, 2.75) is 6.92 Å². The molecule has 3 N–H and O–H groups in total. The van der Waals surface area contributed by atoms with Gasteiger partial charge in [-0.2, -0.15) is 0 Å². The average Bonchev–Trinajstić information content (AvgIpc) is 3.34. The van der Waals surface area contributed by atoms with E-state index >= 15 is 0 Å². The highest BCUT2D eigenvalue weighted by Gasteiger charge is 2.19. The van der Waals surface area contributed by atoms with Crippen LogP contribution in [0.1, 0.15) is 27.9 Å². The smallest absolute Gasteiger partial charge is 0.284 e. The Hall–Kier alpha value is -4.51. The molecule has 0 aliphatic heterocycles. The largest absolute Gasteiger partial charge is 0.309 e. The molecule has 0 saturated carbocycles. The molecule has 0 aliphatic rings. The molecule has 0 unspecified atom stereocenters. The van der Waals surface area contributed by atoms with Crippen LogP contribution in [-0.2, 0) is 10.0 Å². The van der Waals surface area contributed by atoms with E-state index in [2.05, 4.69) is 25.7 Å². The summed E-state index contributed by atoms with van der Waals surface area (Å²) in [6.45, 7) is 1.50. The molecule has 178 valence electrons. The number of hydrogen-bond acceptors (Lipinski definition) is 6. The standard InChI is InChI=1S/C24H22N6O4S/c1-2-35(33,34)29-19-13-9-12-18(16-19)23(31)26-27-24(32)21-25-22(17-10-5-3-6-11-17)30(28-21)20-14-7-4-8-15-20/h3-16,29H,2H2,1H3,(H,26,31)(H,27,32). The second-order valence-electron chi connectivity index (χ2n) is 7.37. The van der Waals surface area contributed by atoms with Gasteiger partial charge in [0, 0.05) is 16.8 Å². The molecule has 0 fully saturated rings. The lowest BCUT2D eigenvalue weighted by molar-refractivity contribution is 0.0841. The van der Waals surface area contributed by atoms with Crippen LogP contribution in [0.5, 0.6) is 0 Å². The zero-order chi connectivity index (χ0) is 24.8. The number of amides is 2. The van der Waals surface area contributed by atoms with Crippen LogP contribution >= 0.6 is 0 Å². The maximum absolute atomic E-state index is 12.7. The number of rotatable bonds is 7. The molecular formula is C24H22N6O4S. The lowest BCUT2D eigenvalue weighted by Crippen LogP contribution is -2.42. The number of carbonyl (C=O) groups is 2. The van der Waals surface area contributed by atoms with Gasteiger partial charge in [0.1, 0.15) is 0 Å². The molecule has 3 aromatic carbocycles. The lowest BCUT2D eigenvalue weighted by Gasteiger charge is -2.09. The number of hydrazine groups is 1. The van der Waals surface area contributed by atoms with Crippen molar-refractivity contribution >= 4 is 27.5 Å². The quantitative estimate of drug-likeness (QED) is 0.341. The van der Waals surface area contributed by atoms with E-state index in [1.807, 2.05) is 60.7 Å². The summed E-state index contributed by atoms with van der Waals surface area (Å²) < 4.78 is 27.5. The fourth-order valence-corrected chi connectivity index (χ4v) is 3.78. The van der Waals surface area contributed by atoms with E-state index in [0.717, 1.165) is 5.56 Å². The normalized spacial score (nSPS) is 11.0. The van der Waals surface area contributed by atoms with Gasteiger partial charge < -0.3 is 0 Å². The van der Waals surface area contributed by atoms with Gasteiger partial charge in [0.05, 0.1) is 11.4 Å². The monoisotopic (exact) mass is 490 g/mol. The molecule has 35 heavy (non-hydrogen) atoms. The Morgan fingerprint density at radius 2 is 1.51 bits per heavy atom. The van der Waals surface area contributed by atoms with Crippen molar-refractivity contribution < 1.29 is 18.0 Å². The van der Waals surface area contributed by atoms with Crippen LogP contribution in [0.4, 0.5) is 5.69 Å². The Morgan fingerprint density at radius 3 is 2.20 bits per heavy atom. The molecule has 10 nitrogen and oxygen atoms in total. The molecule has 0 radical (unpaired) electrons. The number of sulfonamides is 1. The van der Waals surface area contributed by atoms with Gasteiger partial charge in [-0.25, -0.2) is 18.1 Å². The average molecular weight is 491 g/mol. The second-order valence-corrected chi connectivity index (χ2v) is 9.38. The van der Waals surface area contributed by atoms with Gasteiger partial charge in [0.25, 0.3) is 5.91 Å². The first-order valence-corrected chi connectivity index (χ1v) is 12.3. The Balaban J connectivity index is 1.52. The Bertz CT molecular complexity index is 1400. The minimum Gasteiger partial charge on any atom is -0.284 e. The number of aromatic nitrogens is 3. The first-order chi connectivity index (χ1) is 16.9. The van der Waals surface area contributed by atoms with Gasteiger partial charge >= 0.3 is 5.91 Å². The Labute approximate surface area is 202 Å². The van der Waals surface area contributed by atoms with Crippen LogP contribution in [-0.4, -0.2) is 40.7 Å². The summed E-state index contributed by atoms with van der Waals surface area (Å²) in [5.74, 6) is -1.14. The molecule has 1 aromatic heterocycles. The molecule has 11 heteroatoms. The molecular weight excluding hydrogens is 468 g/mol. The van der Waals surface area contributed by atoms with E-state index in [-0.39, 0.29) is 22.8 Å². The first kappa shape index (κ1) is 23.6. The number of hydrogen-bond donors (Lipinski definition) is 3. The molecule has 0 saturated heterocycles. The van der Waals surface area contributed by atoms with E-state index in [4.69, 9.17) is 0 Å². The minimum atomic E-state index is -3.49. The van der Waals surface area contributed by atoms with Gasteiger partial charge in [0.2, 0.25) is 15.8 Å². The minimum absolute atomic E-state index is 0.104. The molecule has 0 atom stereocenters. The zero-order valence-electron chi connectivity index (χ0n) is 18.7. The highest BCUT2D eigenvalue weighted by molar-refractivity contribution is 7.92. The number of anilines is 1. The van der Waals surface area contributed by atoms with Crippen LogP contribution < -0.4 is 15.6 Å². The van der Waals surface area contributed by atoms with Gasteiger partial charge in [-0.1, -0.05) is 54.6 Å². The second kappa shape index (κ2) is 10.2. The number of para-hydroxylation sites is 1. The van der Waals surface area contributed by atoms with E-state index in [1.54, 1.807) is 4.68 Å². The number of carbonyl (C=O) groups excluding carboxylic acids is 2. The summed E-state index contributed by atoms with van der Waals surface area (Å²) in [6, 6.07) is 24.4. The third kappa shape index (κ3) is 5.71. The van der Waals surface area contributed by atoms with Crippen molar-refractivity contribution in [2.24, 2.45) is 0 Å². The topological polar surface area (TPSA) is 135 Å². The summed E-state index contributed by atoms with van der Waals surface area (Å²) in [6.07, 6.45) is 0. The molecule has 4 aromatic rings. The van der Waals surface area contributed by atoms with Crippen molar-refractivity contribution in [1.82, 2.24) is 25.6 Å². The maximum Gasteiger partial charge on any atom is 0.309 e. The van der Waals surface area contributed by atoms with Gasteiger partial charge in [0.15, 0.2) is 5.82 Å². The highest BCUT2D eigenvalue weighted by Crippen LogP contribution is 2.21. The molecule has 0 aliphatic carbocycles. The first-order valence-electron chi connectivity index (χ1n) is 10.7. The van der Waals surface area contributed by atoms with Crippen LogP contribution in [0.15, 0.2) is 84.9 Å². The summed E-state index contributed by atoms with van der Waals surface area (Å²) in [7, 11) is -3.49. The van der Waals surface area contributed by atoms with Crippen molar-refractivity contribution in [1.29, 1.82) is 0 Å². The summed E-state index contributed by atoms with van der Waals surface area (Å²) in [5, 5.41) is 4.34. The van der Waals surface area contributed by atoms with Gasteiger partial charge in [-0.3, -0.25) is 25.2 Å². The Kier molecular flexibility index (Phi) is 6.88. The SMILES string of the molecule is CCS(=O)(=O)Nc1cccc(C(=O)NNC(=O)c2nc(-c3ccccc3)n(-c3ccccc3)n2)c1.